The van der Waals surface area contributed by atoms with Crippen LogP contribution in [0.3, 0.4) is 0 Å². The van der Waals surface area contributed by atoms with Crippen molar-refractivity contribution in [1.82, 2.24) is 19.4 Å². The van der Waals surface area contributed by atoms with E-state index in [-0.39, 0.29) is 50.5 Å². The van der Waals surface area contributed by atoms with E-state index in [4.69, 9.17) is 5.73 Å². The Bertz CT molecular complexity index is 1870. The van der Waals surface area contributed by atoms with Crippen LogP contribution >= 0.6 is 0 Å². The average molecular weight is 578 g/mol. The quantitative estimate of drug-likeness (QED) is 0.286. The number of benzene rings is 2. The molecule has 0 saturated carbocycles. The predicted molar refractivity (Wildman–Crippen MR) is 163 cm³/mol. The van der Waals surface area contributed by atoms with Crippen molar-refractivity contribution in [2.45, 2.75) is 51.4 Å². The van der Waals surface area contributed by atoms with Crippen molar-refractivity contribution >= 4 is 39.4 Å². The number of fused-ring (bicyclic) bond motifs is 2. The Morgan fingerprint density at radius 1 is 0.977 bits per heavy atom. The molecule has 1 aliphatic rings. The lowest BCUT2D eigenvalue weighted by Gasteiger charge is -2.29. The van der Waals surface area contributed by atoms with Crippen LogP contribution in [0.4, 0.5) is 4.39 Å². The third kappa shape index (κ3) is 5.88. The molecule has 2 amide bonds. The highest BCUT2D eigenvalue weighted by Crippen LogP contribution is 2.30. The summed E-state index contributed by atoms with van der Waals surface area (Å²) < 4.78 is 16.2. The molecule has 0 radical (unpaired) electrons. The second-order valence-corrected chi connectivity index (χ2v) is 11.2. The Hall–Kier alpha value is -4.92. The molecule has 43 heavy (non-hydrogen) atoms. The van der Waals surface area contributed by atoms with Gasteiger partial charge >= 0.3 is 0 Å². The van der Waals surface area contributed by atoms with Gasteiger partial charge in [-0.25, -0.2) is 4.39 Å². The number of carbonyl (C=O) groups excluding carboxylic acids is 3. The standard InChI is InChI=1S/C34H32FN5O3/c1-21-4-2-6-26(38-21)18-32(41)31-12-10-25(35)13-15-40(31)33(42)20-39-19-28(34(36)43)27-16-23(9-11-30(27)39)24-8-7-22-5-3-14-37-29(22)17-24/h2-9,11,14,16-17,19,25,31H,10,12-13,15,18,20H2,1H3,(H2,36,43)/t25?,31-/m0/s1. The molecule has 0 spiro atoms. The van der Waals surface area contributed by atoms with E-state index < -0.39 is 18.1 Å². The zero-order valence-corrected chi connectivity index (χ0v) is 23.9. The van der Waals surface area contributed by atoms with Crippen molar-refractivity contribution in [3.8, 4) is 11.1 Å². The number of aromatic nitrogens is 3. The van der Waals surface area contributed by atoms with E-state index in [0.29, 0.717) is 22.2 Å². The van der Waals surface area contributed by atoms with Crippen molar-refractivity contribution in [2.24, 2.45) is 5.73 Å². The summed E-state index contributed by atoms with van der Waals surface area (Å²) in [6.07, 6.45) is 2.95. The number of hydrogen-bond donors (Lipinski definition) is 1. The van der Waals surface area contributed by atoms with Crippen molar-refractivity contribution < 1.29 is 18.8 Å². The SMILES string of the molecule is Cc1cccc(CC(=O)[C@@H]2CCC(F)CCN2C(=O)Cn2cc(C(N)=O)c3cc(-c4ccc5cccnc5c4)ccc32)n1. The molecule has 5 aromatic rings. The maximum Gasteiger partial charge on any atom is 0.250 e. The molecule has 218 valence electrons. The van der Waals surface area contributed by atoms with Gasteiger partial charge in [0, 0.05) is 46.6 Å². The van der Waals surface area contributed by atoms with Crippen LogP contribution in [0.2, 0.25) is 0 Å². The van der Waals surface area contributed by atoms with Gasteiger partial charge in [0.1, 0.15) is 12.7 Å². The highest BCUT2D eigenvalue weighted by Gasteiger charge is 2.33. The third-order valence-electron chi connectivity index (χ3n) is 8.20. The number of primary amides is 1. The normalized spacial score (nSPS) is 17.2. The molecule has 0 bridgehead atoms. The van der Waals surface area contributed by atoms with Crippen molar-refractivity contribution in [3.05, 3.63) is 96.1 Å². The van der Waals surface area contributed by atoms with E-state index in [1.807, 2.05) is 67.6 Å². The van der Waals surface area contributed by atoms with E-state index in [0.717, 1.165) is 27.7 Å². The Balaban J connectivity index is 1.30. The smallest absolute Gasteiger partial charge is 0.250 e. The minimum atomic E-state index is -1.08. The van der Waals surface area contributed by atoms with Gasteiger partial charge in [-0.3, -0.25) is 24.4 Å². The lowest BCUT2D eigenvalue weighted by molar-refractivity contribution is -0.139. The predicted octanol–water partition coefficient (Wildman–Crippen LogP) is 5.19. The van der Waals surface area contributed by atoms with Gasteiger partial charge in [0.15, 0.2) is 5.78 Å². The summed E-state index contributed by atoms with van der Waals surface area (Å²) >= 11 is 0. The molecule has 3 aromatic heterocycles. The van der Waals surface area contributed by atoms with Gasteiger partial charge in [0.25, 0.3) is 5.91 Å². The highest BCUT2D eigenvalue weighted by atomic mass is 19.1. The monoisotopic (exact) mass is 577 g/mol. The maximum absolute atomic E-state index is 14.5. The van der Waals surface area contributed by atoms with Crippen LogP contribution in [0.15, 0.2) is 79.1 Å². The number of hydrogen-bond acceptors (Lipinski definition) is 5. The largest absolute Gasteiger partial charge is 0.366 e. The molecular weight excluding hydrogens is 545 g/mol. The first-order valence-corrected chi connectivity index (χ1v) is 14.4. The minimum Gasteiger partial charge on any atom is -0.366 e. The van der Waals surface area contributed by atoms with Gasteiger partial charge < -0.3 is 15.2 Å². The number of aryl methyl sites for hydroxylation is 1. The van der Waals surface area contributed by atoms with E-state index >= 15 is 0 Å². The van der Waals surface area contributed by atoms with Gasteiger partial charge in [-0.2, -0.15) is 0 Å². The van der Waals surface area contributed by atoms with Crippen LogP contribution in [-0.2, 0) is 22.6 Å². The van der Waals surface area contributed by atoms with Crippen LogP contribution in [-0.4, -0.2) is 55.8 Å². The third-order valence-corrected chi connectivity index (χ3v) is 8.20. The number of likely N-dealkylation sites (tertiary alicyclic amines) is 1. The molecule has 2 atom stereocenters. The molecule has 6 rings (SSSR count). The van der Waals surface area contributed by atoms with E-state index in [1.54, 1.807) is 23.0 Å². The maximum atomic E-state index is 14.5. The summed E-state index contributed by atoms with van der Waals surface area (Å²) in [7, 11) is 0. The number of nitrogens with two attached hydrogens (primary N) is 1. The molecule has 1 saturated heterocycles. The number of Topliss-reactive ketones (excluding diaryl/α,β-unsaturated/α-hetero) is 1. The Morgan fingerprint density at radius 2 is 1.79 bits per heavy atom. The minimum absolute atomic E-state index is 0.0679. The Morgan fingerprint density at radius 3 is 2.60 bits per heavy atom. The molecule has 1 unspecified atom stereocenters. The zero-order valence-electron chi connectivity index (χ0n) is 23.9. The van der Waals surface area contributed by atoms with Crippen LogP contribution < -0.4 is 5.73 Å². The van der Waals surface area contributed by atoms with Gasteiger partial charge in [0.05, 0.1) is 23.5 Å². The molecule has 0 aliphatic carbocycles. The van der Waals surface area contributed by atoms with Gasteiger partial charge in [0.2, 0.25) is 5.91 Å². The molecule has 2 N–H and O–H groups in total. The second kappa shape index (κ2) is 11.8. The summed E-state index contributed by atoms with van der Waals surface area (Å²) in [5.74, 6) is -1.09. The van der Waals surface area contributed by atoms with Gasteiger partial charge in [-0.15, -0.1) is 0 Å². The van der Waals surface area contributed by atoms with Crippen molar-refractivity contribution in [1.29, 1.82) is 0 Å². The number of rotatable bonds is 7. The van der Waals surface area contributed by atoms with E-state index in [1.165, 1.54) is 4.90 Å². The molecule has 2 aromatic carbocycles. The number of nitrogens with zero attached hydrogens (tertiary/aromatic N) is 4. The van der Waals surface area contributed by atoms with Gasteiger partial charge in [-0.05, 0) is 73.7 Å². The molecule has 1 aliphatic heterocycles. The molecule has 4 heterocycles. The molecule has 9 heteroatoms. The molecule has 8 nitrogen and oxygen atoms in total. The van der Waals surface area contributed by atoms with Gasteiger partial charge in [-0.1, -0.05) is 30.3 Å². The van der Waals surface area contributed by atoms with Crippen molar-refractivity contribution in [3.63, 3.8) is 0 Å². The molecular formula is C34H32FN5O3. The fourth-order valence-electron chi connectivity index (χ4n) is 5.99. The summed E-state index contributed by atoms with van der Waals surface area (Å²) in [5.41, 5.74) is 10.8. The average Bonchev–Trinajstić information content (AvgIpc) is 3.23. The first-order chi connectivity index (χ1) is 20.8. The molecule has 1 fully saturated rings. The fraction of sp³-hybridized carbons (Fsp3) is 0.265. The first-order valence-electron chi connectivity index (χ1n) is 14.4. The van der Waals surface area contributed by atoms with Crippen LogP contribution in [0, 0.1) is 6.92 Å². The highest BCUT2D eigenvalue weighted by molar-refractivity contribution is 6.07. The number of halogens is 1. The summed E-state index contributed by atoms with van der Waals surface area (Å²) in [4.78, 5) is 50.1. The van der Waals surface area contributed by atoms with Crippen LogP contribution in [0.5, 0.6) is 0 Å². The number of amides is 2. The topological polar surface area (TPSA) is 111 Å². The lowest BCUT2D eigenvalue weighted by atomic mass is 10.0. The number of alkyl halides is 1. The number of pyridine rings is 2. The van der Waals surface area contributed by atoms with Crippen LogP contribution in [0.25, 0.3) is 32.9 Å². The summed E-state index contributed by atoms with van der Waals surface area (Å²) in [5, 5.41) is 1.64. The fourth-order valence-corrected chi connectivity index (χ4v) is 5.99. The van der Waals surface area contributed by atoms with E-state index in [2.05, 4.69) is 9.97 Å². The van der Waals surface area contributed by atoms with Crippen LogP contribution in [0.1, 0.15) is 41.0 Å². The number of carbonyl (C=O) groups is 3. The summed E-state index contributed by atoms with van der Waals surface area (Å²) in [6.45, 7) is 1.87. The van der Waals surface area contributed by atoms with Crippen molar-refractivity contribution in [2.75, 3.05) is 6.54 Å². The lowest BCUT2D eigenvalue weighted by Crippen LogP contribution is -2.46. The van der Waals surface area contributed by atoms with E-state index in [9.17, 15) is 18.8 Å². The second-order valence-electron chi connectivity index (χ2n) is 11.2. The summed E-state index contributed by atoms with van der Waals surface area (Å²) in [6, 6.07) is 20.3. The Labute approximate surface area is 248 Å². The Kier molecular flexibility index (Phi) is 7.71. The number of ketones is 1. The first kappa shape index (κ1) is 28.2. The zero-order chi connectivity index (χ0) is 30.1.